The lowest BCUT2D eigenvalue weighted by Gasteiger charge is -2.12. The Morgan fingerprint density at radius 2 is 1.77 bits per heavy atom. The van der Waals surface area contributed by atoms with Crippen molar-refractivity contribution in [1.29, 1.82) is 0 Å². The van der Waals surface area contributed by atoms with Crippen LogP contribution >= 0.6 is 0 Å². The summed E-state index contributed by atoms with van der Waals surface area (Å²) in [5.41, 5.74) is 14.7. The second-order valence-electron chi connectivity index (χ2n) is 7.88. The number of hydrogen-bond donors (Lipinski definition) is 2. The molecule has 1 saturated carbocycles. The van der Waals surface area contributed by atoms with Crippen molar-refractivity contribution in [2.24, 2.45) is 5.73 Å². The SMILES string of the molecule is NC(=O)c1cc(-c2ccc(N)cc2)c2ccc(Cc3cnc(C4CC4)nc3)c(F)c2n1. The third-order valence-corrected chi connectivity index (χ3v) is 5.54. The number of primary amides is 1. The second kappa shape index (κ2) is 7.43. The predicted molar refractivity (Wildman–Crippen MR) is 117 cm³/mol. The Morgan fingerprint density at radius 1 is 1.06 bits per heavy atom. The van der Waals surface area contributed by atoms with Gasteiger partial charge in [0.2, 0.25) is 0 Å². The summed E-state index contributed by atoms with van der Waals surface area (Å²) in [6.07, 6.45) is 6.08. The quantitative estimate of drug-likeness (QED) is 0.481. The number of carbonyl (C=O) groups excluding carboxylic acids is 1. The lowest BCUT2D eigenvalue weighted by atomic mass is 9.97. The first-order chi connectivity index (χ1) is 15.0. The van der Waals surface area contributed by atoms with Crippen molar-refractivity contribution in [1.82, 2.24) is 15.0 Å². The highest BCUT2D eigenvalue weighted by Gasteiger charge is 2.26. The summed E-state index contributed by atoms with van der Waals surface area (Å²) in [5.74, 6) is 0.120. The van der Waals surface area contributed by atoms with Gasteiger partial charge in [-0.1, -0.05) is 24.3 Å². The third kappa shape index (κ3) is 3.70. The zero-order chi connectivity index (χ0) is 21.5. The van der Waals surface area contributed by atoms with Crippen molar-refractivity contribution in [3.63, 3.8) is 0 Å². The molecule has 31 heavy (non-hydrogen) atoms. The van der Waals surface area contributed by atoms with E-state index in [1.54, 1.807) is 36.7 Å². The van der Waals surface area contributed by atoms with Gasteiger partial charge in [-0.3, -0.25) is 4.79 Å². The van der Waals surface area contributed by atoms with Crippen LogP contribution in [-0.4, -0.2) is 20.9 Å². The van der Waals surface area contributed by atoms with Crippen LogP contribution < -0.4 is 11.5 Å². The number of nitrogens with two attached hydrogens (primary N) is 2. The van der Waals surface area contributed by atoms with Crippen molar-refractivity contribution in [3.8, 4) is 11.1 Å². The second-order valence-corrected chi connectivity index (χ2v) is 7.88. The van der Waals surface area contributed by atoms with Gasteiger partial charge in [0, 0.05) is 35.8 Å². The van der Waals surface area contributed by atoms with Crippen molar-refractivity contribution in [2.75, 3.05) is 5.73 Å². The maximum absolute atomic E-state index is 15.5. The number of aromatic nitrogens is 3. The Kier molecular flexibility index (Phi) is 4.58. The molecule has 2 heterocycles. The van der Waals surface area contributed by atoms with Crippen LogP contribution in [-0.2, 0) is 6.42 Å². The van der Waals surface area contributed by atoms with Crippen LogP contribution in [0.4, 0.5) is 10.1 Å². The summed E-state index contributed by atoms with van der Waals surface area (Å²) in [4.78, 5) is 24.9. The van der Waals surface area contributed by atoms with E-state index in [0.29, 0.717) is 34.5 Å². The fourth-order valence-corrected chi connectivity index (χ4v) is 3.69. The average molecular weight is 413 g/mol. The number of nitrogen functional groups attached to an aromatic ring is 1. The molecule has 154 valence electrons. The van der Waals surface area contributed by atoms with Crippen LogP contribution in [0.3, 0.4) is 0 Å². The molecule has 1 aliphatic carbocycles. The average Bonchev–Trinajstić information content (AvgIpc) is 3.62. The number of carbonyl (C=O) groups is 1. The molecule has 1 aliphatic rings. The number of anilines is 1. The van der Waals surface area contributed by atoms with Crippen LogP contribution in [0.15, 0.2) is 54.9 Å². The number of nitrogens with zero attached hydrogens (tertiary/aromatic N) is 3. The van der Waals surface area contributed by atoms with E-state index >= 15 is 4.39 Å². The molecular weight excluding hydrogens is 393 g/mol. The number of fused-ring (bicyclic) bond motifs is 1. The van der Waals surface area contributed by atoms with Crippen molar-refractivity contribution in [3.05, 3.63) is 83.3 Å². The molecule has 0 radical (unpaired) electrons. The number of benzene rings is 2. The number of hydrogen-bond acceptors (Lipinski definition) is 5. The number of rotatable bonds is 5. The minimum Gasteiger partial charge on any atom is -0.399 e. The van der Waals surface area contributed by atoms with Gasteiger partial charge in [-0.05, 0) is 53.3 Å². The molecular formula is C24H20FN5O. The Balaban J connectivity index is 1.59. The summed E-state index contributed by atoms with van der Waals surface area (Å²) in [7, 11) is 0. The van der Waals surface area contributed by atoms with Crippen LogP contribution in [0.5, 0.6) is 0 Å². The minimum absolute atomic E-state index is 0.00694. The molecule has 4 N–H and O–H groups in total. The Bertz CT molecular complexity index is 1300. The van der Waals surface area contributed by atoms with E-state index in [2.05, 4.69) is 15.0 Å². The van der Waals surface area contributed by atoms with Gasteiger partial charge in [0.15, 0.2) is 5.82 Å². The van der Waals surface area contributed by atoms with Gasteiger partial charge in [0.05, 0.1) is 0 Å². The van der Waals surface area contributed by atoms with E-state index in [4.69, 9.17) is 11.5 Å². The van der Waals surface area contributed by atoms with Gasteiger partial charge in [-0.25, -0.2) is 19.3 Å². The number of halogens is 1. The third-order valence-electron chi connectivity index (χ3n) is 5.54. The topological polar surface area (TPSA) is 108 Å². The molecule has 2 aromatic carbocycles. The summed E-state index contributed by atoms with van der Waals surface area (Å²) in [6.45, 7) is 0. The molecule has 0 unspecified atom stereocenters. The zero-order valence-electron chi connectivity index (χ0n) is 16.7. The smallest absolute Gasteiger partial charge is 0.267 e. The van der Waals surface area contributed by atoms with Crippen LogP contribution in [0.1, 0.15) is 46.2 Å². The molecule has 7 heteroatoms. The highest BCUT2D eigenvalue weighted by Crippen LogP contribution is 2.37. The summed E-state index contributed by atoms with van der Waals surface area (Å²) >= 11 is 0. The normalized spacial score (nSPS) is 13.5. The zero-order valence-corrected chi connectivity index (χ0v) is 16.7. The molecule has 0 saturated heterocycles. The van der Waals surface area contributed by atoms with Gasteiger partial charge >= 0.3 is 0 Å². The molecule has 0 atom stereocenters. The molecule has 5 rings (SSSR count). The minimum atomic E-state index is -0.715. The molecule has 0 aliphatic heterocycles. The molecule has 1 fully saturated rings. The molecule has 0 bridgehead atoms. The summed E-state index contributed by atoms with van der Waals surface area (Å²) in [6, 6.07) is 12.3. The lowest BCUT2D eigenvalue weighted by molar-refractivity contribution is 0.0996. The fourth-order valence-electron chi connectivity index (χ4n) is 3.69. The number of pyridine rings is 1. The maximum atomic E-state index is 15.5. The van der Waals surface area contributed by atoms with Crippen LogP contribution in [0.2, 0.25) is 0 Å². The first-order valence-corrected chi connectivity index (χ1v) is 10.1. The summed E-state index contributed by atoms with van der Waals surface area (Å²) in [5, 5.41) is 0.594. The predicted octanol–water partition coefficient (Wildman–Crippen LogP) is 3.98. The monoisotopic (exact) mass is 413 g/mol. The molecule has 4 aromatic rings. The van der Waals surface area contributed by atoms with Crippen LogP contribution in [0.25, 0.3) is 22.0 Å². The van der Waals surface area contributed by atoms with Gasteiger partial charge in [-0.2, -0.15) is 0 Å². The maximum Gasteiger partial charge on any atom is 0.267 e. The number of amides is 1. The molecule has 2 aromatic heterocycles. The Labute approximate surface area is 178 Å². The highest BCUT2D eigenvalue weighted by molar-refractivity contribution is 6.01. The lowest BCUT2D eigenvalue weighted by Crippen LogP contribution is -2.14. The Morgan fingerprint density at radius 3 is 2.42 bits per heavy atom. The van der Waals surface area contributed by atoms with E-state index in [9.17, 15) is 4.79 Å². The Hall–Kier alpha value is -3.87. The van der Waals surface area contributed by atoms with E-state index < -0.39 is 11.7 Å². The highest BCUT2D eigenvalue weighted by atomic mass is 19.1. The van der Waals surface area contributed by atoms with Gasteiger partial charge in [0.1, 0.15) is 17.0 Å². The van der Waals surface area contributed by atoms with Crippen molar-refractivity contribution < 1.29 is 9.18 Å². The molecule has 1 amide bonds. The van der Waals surface area contributed by atoms with Crippen molar-refractivity contribution >= 4 is 22.5 Å². The van der Waals surface area contributed by atoms with Gasteiger partial charge < -0.3 is 11.5 Å². The first-order valence-electron chi connectivity index (χ1n) is 10.1. The van der Waals surface area contributed by atoms with Crippen LogP contribution in [0, 0.1) is 5.82 Å². The van der Waals surface area contributed by atoms with E-state index in [0.717, 1.165) is 29.8 Å². The van der Waals surface area contributed by atoms with Crippen molar-refractivity contribution in [2.45, 2.75) is 25.2 Å². The molecule has 6 nitrogen and oxygen atoms in total. The van der Waals surface area contributed by atoms with Gasteiger partial charge in [-0.15, -0.1) is 0 Å². The standard InChI is InChI=1S/C24H20FN5O/c25-21-16(9-13-11-28-24(29-12-13)15-1-2-15)5-8-18-19(14-3-6-17(26)7-4-14)10-20(23(27)31)30-22(18)21/h3-8,10-12,15H,1-2,9,26H2,(H2,27,31). The van der Waals surface area contributed by atoms with E-state index in [-0.39, 0.29) is 11.2 Å². The fraction of sp³-hybridized carbons (Fsp3) is 0.167. The summed E-state index contributed by atoms with van der Waals surface area (Å²) < 4.78 is 15.5. The van der Waals surface area contributed by atoms with Gasteiger partial charge in [0.25, 0.3) is 5.91 Å². The molecule has 0 spiro atoms. The largest absolute Gasteiger partial charge is 0.399 e. The first kappa shape index (κ1) is 19.1. The van der Waals surface area contributed by atoms with E-state index in [1.807, 2.05) is 18.2 Å². The van der Waals surface area contributed by atoms with E-state index in [1.165, 1.54) is 0 Å².